The van der Waals surface area contributed by atoms with Gasteiger partial charge in [0.25, 0.3) is 5.91 Å². The van der Waals surface area contributed by atoms with Crippen LogP contribution in [0.1, 0.15) is 48.5 Å². The van der Waals surface area contributed by atoms with Gasteiger partial charge in [0.15, 0.2) is 0 Å². The Kier molecular flexibility index (Phi) is 8.88. The number of carbonyl (C=O) groups excluding carboxylic acids is 2. The lowest BCUT2D eigenvalue weighted by Gasteiger charge is -2.23. The van der Waals surface area contributed by atoms with Gasteiger partial charge in [-0.1, -0.05) is 56.7 Å². The number of aliphatic hydroxyl groups is 1. The van der Waals surface area contributed by atoms with Crippen LogP contribution in [0.2, 0.25) is 0 Å². The molecule has 0 aliphatic heterocycles. The van der Waals surface area contributed by atoms with Crippen LogP contribution in [0.15, 0.2) is 72.9 Å². The van der Waals surface area contributed by atoms with Gasteiger partial charge in [0, 0.05) is 42.3 Å². The Morgan fingerprint density at radius 1 is 1.05 bits per heavy atom. The van der Waals surface area contributed by atoms with Crippen molar-refractivity contribution in [1.29, 1.82) is 0 Å². The zero-order valence-electron chi connectivity index (χ0n) is 22.8. The highest BCUT2D eigenvalue weighted by molar-refractivity contribution is 5.99. The fraction of sp³-hybridized carbons (Fsp3) is 0.290. The van der Waals surface area contributed by atoms with Gasteiger partial charge in [-0.2, -0.15) is 0 Å². The maximum atomic E-state index is 13.4. The maximum absolute atomic E-state index is 13.4. The van der Waals surface area contributed by atoms with E-state index in [1.807, 2.05) is 67.7 Å². The SMILES string of the molecule is CCCCN(C(=O)NC)c1cccc(-c2ccc(OC)c(C(=O)N[C@H](O)C(C)c3c[nH]c4ccccc34)c2)c1. The minimum absolute atomic E-state index is 0.172. The molecule has 4 rings (SSSR count). The topological polar surface area (TPSA) is 107 Å². The smallest absolute Gasteiger partial charge is 0.321 e. The van der Waals surface area contributed by atoms with Crippen LogP contribution < -0.4 is 20.3 Å². The number of fused-ring (bicyclic) bond motifs is 1. The quantitative estimate of drug-likeness (QED) is 0.200. The van der Waals surface area contributed by atoms with E-state index in [2.05, 4.69) is 22.5 Å². The molecule has 3 aromatic carbocycles. The summed E-state index contributed by atoms with van der Waals surface area (Å²) in [7, 11) is 3.12. The number of hydrogen-bond acceptors (Lipinski definition) is 4. The number of para-hydroxylation sites is 1. The van der Waals surface area contributed by atoms with Crippen molar-refractivity contribution >= 4 is 28.5 Å². The Morgan fingerprint density at radius 3 is 2.56 bits per heavy atom. The molecule has 0 spiro atoms. The molecule has 4 N–H and O–H groups in total. The molecule has 0 fully saturated rings. The van der Waals surface area contributed by atoms with Gasteiger partial charge in [-0.05, 0) is 53.4 Å². The van der Waals surface area contributed by atoms with Crippen molar-refractivity contribution in [3.8, 4) is 16.9 Å². The molecule has 8 heteroatoms. The number of aromatic nitrogens is 1. The van der Waals surface area contributed by atoms with Gasteiger partial charge in [-0.25, -0.2) is 4.79 Å². The number of H-pyrrole nitrogens is 1. The van der Waals surface area contributed by atoms with Gasteiger partial charge in [0.2, 0.25) is 0 Å². The van der Waals surface area contributed by atoms with Crippen LogP contribution in [0.5, 0.6) is 5.75 Å². The number of methoxy groups -OCH3 is 1. The van der Waals surface area contributed by atoms with Gasteiger partial charge in [-0.3, -0.25) is 9.69 Å². The van der Waals surface area contributed by atoms with Crippen LogP contribution in [0.3, 0.4) is 0 Å². The number of rotatable bonds is 10. The summed E-state index contributed by atoms with van der Waals surface area (Å²) in [6.07, 6.45) is 2.59. The number of hydrogen-bond donors (Lipinski definition) is 4. The van der Waals surface area contributed by atoms with Gasteiger partial charge in [-0.15, -0.1) is 0 Å². The second-order valence-corrected chi connectivity index (χ2v) is 9.52. The first-order valence-electron chi connectivity index (χ1n) is 13.2. The number of nitrogens with one attached hydrogen (secondary N) is 3. The summed E-state index contributed by atoms with van der Waals surface area (Å²) in [6.45, 7) is 4.55. The number of nitrogens with zero attached hydrogens (tertiary/aromatic N) is 1. The number of carbonyl (C=O) groups is 2. The Labute approximate surface area is 229 Å². The summed E-state index contributed by atoms with van der Waals surface area (Å²) in [4.78, 5) is 30.8. The van der Waals surface area contributed by atoms with Gasteiger partial charge >= 0.3 is 6.03 Å². The zero-order valence-corrected chi connectivity index (χ0v) is 22.8. The van der Waals surface area contributed by atoms with E-state index in [1.54, 1.807) is 24.1 Å². The molecule has 0 aliphatic rings. The summed E-state index contributed by atoms with van der Waals surface area (Å²) in [5.41, 5.74) is 4.60. The van der Waals surface area contributed by atoms with Gasteiger partial charge < -0.3 is 25.5 Å². The highest BCUT2D eigenvalue weighted by Gasteiger charge is 2.24. The zero-order chi connectivity index (χ0) is 27.9. The first-order valence-corrected chi connectivity index (χ1v) is 13.2. The van der Waals surface area contributed by atoms with Crippen molar-refractivity contribution in [2.24, 2.45) is 0 Å². The first kappa shape index (κ1) is 27.7. The standard InChI is InChI=1S/C31H36N4O4/c1-5-6-16-35(31(38)32-3)23-11-9-10-21(17-23)22-14-15-28(39-4)25(18-22)30(37)34-29(36)20(2)26-19-33-27-13-8-7-12-24(26)27/h7-15,17-20,29,33,36H,5-6,16H2,1-4H3,(H,32,38)(H,34,37)/t20?,29-/m1/s1. The Bertz CT molecular complexity index is 1450. The lowest BCUT2D eigenvalue weighted by molar-refractivity contribution is 0.0725. The van der Waals surface area contributed by atoms with Crippen LogP contribution in [-0.4, -0.2) is 49.0 Å². The van der Waals surface area contributed by atoms with Crippen LogP contribution in [0.4, 0.5) is 10.5 Å². The molecule has 39 heavy (non-hydrogen) atoms. The molecule has 1 aromatic heterocycles. The molecule has 204 valence electrons. The number of aromatic amines is 1. The van der Waals surface area contributed by atoms with E-state index in [9.17, 15) is 14.7 Å². The third-order valence-corrected chi connectivity index (χ3v) is 6.99. The molecule has 2 atom stereocenters. The predicted octanol–water partition coefficient (Wildman–Crippen LogP) is 5.64. The van der Waals surface area contributed by atoms with E-state index >= 15 is 0 Å². The summed E-state index contributed by atoms with van der Waals surface area (Å²) in [6, 6.07) is 20.7. The number of unbranched alkanes of at least 4 members (excludes halogenated alkanes) is 1. The molecular weight excluding hydrogens is 492 g/mol. The van der Waals surface area contributed by atoms with E-state index in [1.165, 1.54) is 7.11 Å². The maximum Gasteiger partial charge on any atom is 0.321 e. The van der Waals surface area contributed by atoms with E-state index in [4.69, 9.17) is 4.74 Å². The van der Waals surface area contributed by atoms with Crippen molar-refractivity contribution < 1.29 is 19.4 Å². The number of aliphatic hydroxyl groups excluding tert-OH is 1. The molecule has 0 radical (unpaired) electrons. The average molecular weight is 529 g/mol. The summed E-state index contributed by atoms with van der Waals surface area (Å²) in [5, 5.41) is 17.4. The third-order valence-electron chi connectivity index (χ3n) is 6.99. The Morgan fingerprint density at radius 2 is 1.82 bits per heavy atom. The van der Waals surface area contributed by atoms with Gasteiger partial charge in [0.1, 0.15) is 12.0 Å². The van der Waals surface area contributed by atoms with Gasteiger partial charge in [0.05, 0.1) is 12.7 Å². The molecule has 0 bridgehead atoms. The van der Waals surface area contributed by atoms with E-state index in [0.717, 1.165) is 46.1 Å². The van der Waals surface area contributed by atoms with Crippen LogP contribution in [0.25, 0.3) is 22.0 Å². The lowest BCUT2D eigenvalue weighted by atomic mass is 9.98. The van der Waals surface area contributed by atoms with Crippen molar-refractivity contribution in [3.63, 3.8) is 0 Å². The van der Waals surface area contributed by atoms with Crippen molar-refractivity contribution in [1.82, 2.24) is 15.6 Å². The second kappa shape index (κ2) is 12.5. The molecule has 0 saturated carbocycles. The van der Waals surface area contributed by atoms with E-state index in [0.29, 0.717) is 17.9 Å². The normalized spacial score (nSPS) is 12.5. The molecule has 3 amide bonds. The number of ether oxygens (including phenoxy) is 1. The van der Waals surface area contributed by atoms with Crippen molar-refractivity contribution in [2.45, 2.75) is 38.8 Å². The fourth-order valence-corrected chi connectivity index (χ4v) is 4.70. The predicted molar refractivity (Wildman–Crippen MR) is 155 cm³/mol. The molecule has 4 aromatic rings. The summed E-state index contributed by atoms with van der Waals surface area (Å²) in [5.74, 6) is -0.400. The highest BCUT2D eigenvalue weighted by Crippen LogP contribution is 2.31. The first-order chi connectivity index (χ1) is 18.9. The molecular formula is C31H36N4O4. The van der Waals surface area contributed by atoms with Crippen molar-refractivity contribution in [2.75, 3.05) is 25.6 Å². The van der Waals surface area contributed by atoms with E-state index in [-0.39, 0.29) is 11.9 Å². The minimum Gasteiger partial charge on any atom is -0.496 e. The fourth-order valence-electron chi connectivity index (χ4n) is 4.70. The van der Waals surface area contributed by atoms with Crippen LogP contribution in [-0.2, 0) is 0 Å². The molecule has 0 aliphatic carbocycles. The Balaban J connectivity index is 1.59. The molecule has 0 saturated heterocycles. The molecule has 1 heterocycles. The number of urea groups is 1. The van der Waals surface area contributed by atoms with Crippen LogP contribution >= 0.6 is 0 Å². The number of benzene rings is 3. The molecule has 8 nitrogen and oxygen atoms in total. The minimum atomic E-state index is -1.12. The number of anilines is 1. The highest BCUT2D eigenvalue weighted by atomic mass is 16.5. The van der Waals surface area contributed by atoms with E-state index < -0.39 is 12.1 Å². The third kappa shape index (κ3) is 6.07. The van der Waals surface area contributed by atoms with Crippen LogP contribution in [0, 0.1) is 0 Å². The largest absolute Gasteiger partial charge is 0.496 e. The Hall–Kier alpha value is -4.30. The summed E-state index contributed by atoms with van der Waals surface area (Å²) < 4.78 is 5.47. The molecule has 1 unspecified atom stereocenters. The van der Waals surface area contributed by atoms with Crippen molar-refractivity contribution in [3.05, 3.63) is 84.1 Å². The second-order valence-electron chi connectivity index (χ2n) is 9.52. The monoisotopic (exact) mass is 528 g/mol. The average Bonchev–Trinajstić information content (AvgIpc) is 3.40. The summed E-state index contributed by atoms with van der Waals surface area (Å²) >= 11 is 0. The number of amides is 3. The lowest BCUT2D eigenvalue weighted by Crippen LogP contribution is -2.38.